The van der Waals surface area contributed by atoms with E-state index in [1.165, 1.54) is 11.8 Å². The van der Waals surface area contributed by atoms with Crippen molar-refractivity contribution < 1.29 is 9.21 Å². The highest BCUT2D eigenvalue weighted by Gasteiger charge is 2.33. The largest absolute Gasteiger partial charge is 0.436 e. The Labute approximate surface area is 224 Å². The van der Waals surface area contributed by atoms with Gasteiger partial charge in [-0.05, 0) is 68.5 Å². The number of nitrogens with zero attached hydrogens (tertiary/aromatic N) is 4. The Hall–Kier alpha value is -3.88. The summed E-state index contributed by atoms with van der Waals surface area (Å²) in [7, 11) is 0. The second-order valence-electron chi connectivity index (χ2n) is 8.58. The fraction of sp³-hybridized carbons (Fsp3) is 0.138. The monoisotopic (exact) mass is 524 g/mol. The van der Waals surface area contributed by atoms with Crippen LogP contribution < -0.4 is 9.80 Å². The SMILES string of the molecule is CCN1C(=O)/C(=C\C=C2\N(CC)c3cc(-c4nc5ccccc5o4)ccc3N2c2ccccc2)SC1=S. The standard InChI is InChI=1S/C29H24N4O2S2/c1-3-31-23-18-19(27-30-21-12-8-9-13-24(21)35-27)14-15-22(23)33(20-10-6-5-7-11-20)26(31)17-16-25-28(34)32(4-2)29(36)37-25/h5-18H,3-4H2,1-2H3/b25-16+,26-17-. The number of hydrogen-bond acceptors (Lipinski definition) is 7. The first-order valence-corrected chi connectivity index (χ1v) is 13.4. The number of aromatic nitrogens is 1. The van der Waals surface area contributed by atoms with Gasteiger partial charge < -0.3 is 9.32 Å². The Balaban J connectivity index is 1.46. The van der Waals surface area contributed by atoms with Crippen LogP contribution >= 0.6 is 24.0 Å². The average Bonchev–Trinajstić information content (AvgIpc) is 3.58. The van der Waals surface area contributed by atoms with Crippen molar-refractivity contribution in [1.29, 1.82) is 0 Å². The van der Waals surface area contributed by atoms with Crippen molar-refractivity contribution in [3.05, 3.63) is 95.7 Å². The third kappa shape index (κ3) is 4.02. The number of benzene rings is 3. The van der Waals surface area contributed by atoms with Gasteiger partial charge in [0.2, 0.25) is 5.89 Å². The van der Waals surface area contributed by atoms with E-state index in [1.54, 1.807) is 4.90 Å². The predicted octanol–water partition coefficient (Wildman–Crippen LogP) is 7.08. The molecule has 2 aliphatic heterocycles. The topological polar surface area (TPSA) is 52.8 Å². The van der Waals surface area contributed by atoms with E-state index in [4.69, 9.17) is 21.6 Å². The number of anilines is 3. The lowest BCUT2D eigenvalue weighted by atomic mass is 10.1. The van der Waals surface area contributed by atoms with E-state index in [0.29, 0.717) is 21.7 Å². The molecule has 8 heteroatoms. The molecule has 0 radical (unpaired) electrons. The molecule has 6 nitrogen and oxygen atoms in total. The third-order valence-corrected chi connectivity index (χ3v) is 7.85. The zero-order chi connectivity index (χ0) is 25.5. The molecule has 1 aromatic heterocycles. The molecule has 1 fully saturated rings. The van der Waals surface area contributed by atoms with Gasteiger partial charge >= 0.3 is 0 Å². The van der Waals surface area contributed by atoms with Gasteiger partial charge in [0.1, 0.15) is 15.7 Å². The van der Waals surface area contributed by atoms with Crippen LogP contribution in [-0.4, -0.2) is 33.2 Å². The number of allylic oxidation sites excluding steroid dienone is 2. The number of carbonyl (C=O) groups excluding carboxylic acids is 1. The van der Waals surface area contributed by atoms with Crippen molar-refractivity contribution in [2.75, 3.05) is 22.9 Å². The molecule has 0 aliphatic carbocycles. The molecule has 1 amide bonds. The second-order valence-corrected chi connectivity index (χ2v) is 10.3. The van der Waals surface area contributed by atoms with E-state index in [0.717, 1.165) is 46.1 Å². The lowest BCUT2D eigenvalue weighted by Gasteiger charge is -2.24. The number of likely N-dealkylation sites (N-methyl/N-ethyl adjacent to an activating group) is 1. The van der Waals surface area contributed by atoms with Crippen LogP contribution in [0.2, 0.25) is 0 Å². The zero-order valence-corrected chi connectivity index (χ0v) is 22.1. The Morgan fingerprint density at radius 2 is 1.68 bits per heavy atom. The Morgan fingerprint density at radius 3 is 2.41 bits per heavy atom. The summed E-state index contributed by atoms with van der Waals surface area (Å²) in [4.78, 5) is 24.2. The van der Waals surface area contributed by atoms with Crippen molar-refractivity contribution in [3.63, 3.8) is 0 Å². The summed E-state index contributed by atoms with van der Waals surface area (Å²) < 4.78 is 6.65. The molecule has 0 atom stereocenters. The number of hydrogen-bond donors (Lipinski definition) is 0. The van der Waals surface area contributed by atoms with Gasteiger partial charge in [-0.25, -0.2) is 4.98 Å². The number of para-hydroxylation sites is 3. The molecule has 0 bridgehead atoms. The number of fused-ring (bicyclic) bond motifs is 2. The van der Waals surface area contributed by atoms with Crippen LogP contribution in [0.25, 0.3) is 22.6 Å². The summed E-state index contributed by atoms with van der Waals surface area (Å²) in [5, 5.41) is 0. The van der Waals surface area contributed by atoms with Gasteiger partial charge in [-0.1, -0.05) is 54.3 Å². The van der Waals surface area contributed by atoms with Gasteiger partial charge in [-0.15, -0.1) is 0 Å². The van der Waals surface area contributed by atoms with E-state index >= 15 is 0 Å². The maximum atomic E-state index is 12.8. The maximum Gasteiger partial charge on any atom is 0.266 e. The third-order valence-electron chi connectivity index (χ3n) is 6.46. The first-order chi connectivity index (χ1) is 18.1. The molecule has 4 aromatic rings. The molecule has 37 heavy (non-hydrogen) atoms. The van der Waals surface area contributed by atoms with Crippen molar-refractivity contribution in [2.24, 2.45) is 0 Å². The molecular weight excluding hydrogens is 500 g/mol. The Bertz CT molecular complexity index is 1560. The lowest BCUT2D eigenvalue weighted by Crippen LogP contribution is -2.27. The maximum absolute atomic E-state index is 12.8. The molecule has 3 aromatic carbocycles. The summed E-state index contributed by atoms with van der Waals surface area (Å²) in [6.45, 7) is 5.36. The van der Waals surface area contributed by atoms with Crippen LogP contribution in [0.1, 0.15) is 13.8 Å². The number of carbonyl (C=O) groups is 1. The van der Waals surface area contributed by atoms with Crippen molar-refractivity contribution in [2.45, 2.75) is 13.8 Å². The van der Waals surface area contributed by atoms with E-state index < -0.39 is 0 Å². The van der Waals surface area contributed by atoms with Crippen LogP contribution in [0.5, 0.6) is 0 Å². The summed E-state index contributed by atoms with van der Waals surface area (Å²) in [5.74, 6) is 1.50. The molecule has 0 saturated carbocycles. The predicted molar refractivity (Wildman–Crippen MR) is 155 cm³/mol. The highest BCUT2D eigenvalue weighted by atomic mass is 32.2. The van der Waals surface area contributed by atoms with E-state index in [-0.39, 0.29) is 5.91 Å². The summed E-state index contributed by atoms with van der Waals surface area (Å²) in [6, 6.07) is 24.3. The minimum absolute atomic E-state index is 0.0441. The molecule has 3 heterocycles. The number of thiocarbonyl (C=S) groups is 1. The Morgan fingerprint density at radius 1 is 0.919 bits per heavy atom. The first-order valence-electron chi connectivity index (χ1n) is 12.2. The van der Waals surface area contributed by atoms with Crippen molar-refractivity contribution in [3.8, 4) is 11.5 Å². The van der Waals surface area contributed by atoms with E-state index in [1.807, 2.05) is 67.6 Å². The van der Waals surface area contributed by atoms with E-state index in [2.05, 4.69) is 41.0 Å². The summed E-state index contributed by atoms with van der Waals surface area (Å²) in [6.07, 6.45) is 3.90. The quantitative estimate of drug-likeness (QED) is 0.204. The molecule has 0 N–H and O–H groups in total. The van der Waals surface area contributed by atoms with Gasteiger partial charge in [0.25, 0.3) is 5.91 Å². The van der Waals surface area contributed by atoms with Crippen LogP contribution in [0.15, 0.2) is 100 Å². The molecule has 2 aliphatic rings. The molecule has 1 saturated heterocycles. The summed E-state index contributed by atoms with van der Waals surface area (Å²) >= 11 is 6.75. The van der Waals surface area contributed by atoms with Gasteiger partial charge in [0, 0.05) is 24.3 Å². The number of rotatable bonds is 5. The van der Waals surface area contributed by atoms with Gasteiger partial charge in [-0.3, -0.25) is 14.6 Å². The van der Waals surface area contributed by atoms with Crippen molar-refractivity contribution in [1.82, 2.24) is 9.88 Å². The fourth-order valence-corrected chi connectivity index (χ4v) is 6.03. The average molecular weight is 525 g/mol. The van der Waals surface area contributed by atoms with Crippen LogP contribution in [0, 0.1) is 0 Å². The fourth-order valence-electron chi connectivity index (χ4n) is 4.71. The molecule has 0 spiro atoms. The van der Waals surface area contributed by atoms with Gasteiger partial charge in [0.15, 0.2) is 5.58 Å². The molecule has 0 unspecified atom stereocenters. The summed E-state index contributed by atoms with van der Waals surface area (Å²) in [5.41, 5.74) is 5.64. The number of amides is 1. The lowest BCUT2D eigenvalue weighted by molar-refractivity contribution is -0.122. The smallest absolute Gasteiger partial charge is 0.266 e. The van der Waals surface area contributed by atoms with Crippen LogP contribution in [0.4, 0.5) is 17.1 Å². The normalized spacial score (nSPS) is 17.6. The second kappa shape index (κ2) is 9.53. The zero-order valence-electron chi connectivity index (χ0n) is 20.4. The molecule has 6 rings (SSSR count). The van der Waals surface area contributed by atoms with Gasteiger partial charge in [0.05, 0.1) is 16.3 Å². The Kier molecular flexibility index (Phi) is 6.06. The highest BCUT2D eigenvalue weighted by molar-refractivity contribution is 8.26. The molecule has 184 valence electrons. The molecular formula is C29H24N4O2S2. The van der Waals surface area contributed by atoms with Crippen molar-refractivity contribution >= 4 is 62.4 Å². The van der Waals surface area contributed by atoms with Crippen LogP contribution in [0.3, 0.4) is 0 Å². The minimum Gasteiger partial charge on any atom is -0.436 e. The number of oxazole rings is 1. The van der Waals surface area contributed by atoms with Crippen LogP contribution in [-0.2, 0) is 4.79 Å². The van der Waals surface area contributed by atoms with E-state index in [9.17, 15) is 4.79 Å². The minimum atomic E-state index is -0.0441. The van der Waals surface area contributed by atoms with Gasteiger partial charge in [-0.2, -0.15) is 0 Å². The highest BCUT2D eigenvalue weighted by Crippen LogP contribution is 2.47. The first kappa shape index (κ1) is 23.5. The number of thioether (sulfide) groups is 1.